The van der Waals surface area contributed by atoms with Crippen molar-refractivity contribution in [3.8, 4) is 10.8 Å². The highest BCUT2D eigenvalue weighted by Crippen LogP contribution is 2.30. The summed E-state index contributed by atoms with van der Waals surface area (Å²) < 4.78 is 12.0. The molecule has 0 fully saturated rings. The molecule has 0 aliphatic carbocycles. The van der Waals surface area contributed by atoms with E-state index in [0.29, 0.717) is 17.9 Å². The summed E-state index contributed by atoms with van der Waals surface area (Å²) >= 11 is 4.89. The van der Waals surface area contributed by atoms with Crippen LogP contribution in [0.2, 0.25) is 0 Å². The van der Waals surface area contributed by atoms with E-state index in [-0.39, 0.29) is 12.5 Å². The summed E-state index contributed by atoms with van der Waals surface area (Å²) in [6, 6.07) is 11.6. The number of aryl methyl sites for hydroxylation is 2. The lowest BCUT2D eigenvalue weighted by Gasteiger charge is -2.12. The third-order valence-electron chi connectivity index (χ3n) is 4.34. The molecule has 4 rings (SSSR count). The molecule has 6 nitrogen and oxygen atoms in total. The first-order valence-electron chi connectivity index (χ1n) is 8.70. The van der Waals surface area contributed by atoms with E-state index in [1.54, 1.807) is 0 Å². The number of halogens is 1. The van der Waals surface area contributed by atoms with E-state index in [2.05, 4.69) is 31.1 Å². The fourth-order valence-corrected chi connectivity index (χ4v) is 4.31. The van der Waals surface area contributed by atoms with Gasteiger partial charge in [-0.2, -0.15) is 0 Å². The normalized spacial score (nSPS) is 11.1. The fraction of sp³-hybridized carbons (Fsp3) is 0.200. The fourth-order valence-electron chi connectivity index (χ4n) is 3.01. The summed E-state index contributed by atoms with van der Waals surface area (Å²) in [5, 5.41) is 8.92. The van der Waals surface area contributed by atoms with Crippen LogP contribution >= 0.6 is 27.3 Å². The first-order chi connectivity index (χ1) is 13.6. The van der Waals surface area contributed by atoms with Gasteiger partial charge >= 0.3 is 5.97 Å². The number of pyridine rings is 1. The van der Waals surface area contributed by atoms with Gasteiger partial charge in [-0.1, -0.05) is 25.1 Å². The highest BCUT2D eigenvalue weighted by atomic mass is 79.9. The first-order valence-corrected chi connectivity index (χ1v) is 10.3. The molecular formula is C20H16BrN3O3S. The Morgan fingerprint density at radius 3 is 2.79 bits per heavy atom. The van der Waals surface area contributed by atoms with Crippen LogP contribution in [0, 0.1) is 6.92 Å². The number of rotatable bonds is 5. The highest BCUT2D eigenvalue weighted by Gasteiger charge is 2.20. The number of hydrogen-bond acceptors (Lipinski definition) is 7. The summed E-state index contributed by atoms with van der Waals surface area (Å²) in [4.78, 5) is 18.3. The molecular weight excluding hydrogens is 442 g/mol. The molecule has 0 bridgehead atoms. The molecule has 3 heterocycles. The summed E-state index contributed by atoms with van der Waals surface area (Å²) in [6.07, 6.45) is 0.633. The van der Waals surface area contributed by atoms with Crippen molar-refractivity contribution in [2.75, 3.05) is 0 Å². The third kappa shape index (κ3) is 3.57. The predicted molar refractivity (Wildman–Crippen MR) is 110 cm³/mol. The van der Waals surface area contributed by atoms with Gasteiger partial charge < -0.3 is 9.15 Å². The number of fused-ring (bicyclic) bond motifs is 1. The zero-order chi connectivity index (χ0) is 19.7. The van der Waals surface area contributed by atoms with Gasteiger partial charge in [0.05, 0.1) is 25.4 Å². The van der Waals surface area contributed by atoms with Crippen LogP contribution in [0.15, 0.2) is 44.6 Å². The van der Waals surface area contributed by atoms with E-state index in [1.165, 1.54) is 11.3 Å². The predicted octanol–water partition coefficient (Wildman–Crippen LogP) is 5.34. The Labute approximate surface area is 173 Å². The molecule has 0 amide bonds. The van der Waals surface area contributed by atoms with E-state index in [9.17, 15) is 4.79 Å². The van der Waals surface area contributed by atoms with Gasteiger partial charge in [-0.3, -0.25) is 4.98 Å². The Hall–Kier alpha value is -2.58. The summed E-state index contributed by atoms with van der Waals surface area (Å²) in [7, 11) is 0. The lowest BCUT2D eigenvalue weighted by atomic mass is 10.0. The Bertz CT molecular complexity index is 1170. The Morgan fingerprint density at radius 1 is 1.21 bits per heavy atom. The zero-order valence-corrected chi connectivity index (χ0v) is 17.6. The van der Waals surface area contributed by atoms with Gasteiger partial charge in [-0.15, -0.1) is 21.5 Å². The highest BCUT2D eigenvalue weighted by molar-refractivity contribution is 9.11. The summed E-state index contributed by atoms with van der Waals surface area (Å²) in [5.41, 5.74) is 2.96. The van der Waals surface area contributed by atoms with E-state index < -0.39 is 5.97 Å². The van der Waals surface area contributed by atoms with Gasteiger partial charge in [0.1, 0.15) is 0 Å². The van der Waals surface area contributed by atoms with Crippen molar-refractivity contribution in [1.29, 1.82) is 0 Å². The van der Waals surface area contributed by atoms with Crippen molar-refractivity contribution in [2.45, 2.75) is 26.9 Å². The van der Waals surface area contributed by atoms with E-state index in [0.717, 1.165) is 30.8 Å². The lowest BCUT2D eigenvalue weighted by molar-refractivity contribution is 0.0436. The van der Waals surface area contributed by atoms with Crippen molar-refractivity contribution in [1.82, 2.24) is 15.2 Å². The van der Waals surface area contributed by atoms with Crippen LogP contribution in [0.25, 0.3) is 21.7 Å². The van der Waals surface area contributed by atoms with Crippen LogP contribution in [-0.2, 0) is 17.8 Å². The standard InChI is InChI=1S/C20H16BrN3O3S/c1-3-13-18(11(2)12-6-4-5-7-14(12)22-13)20(25)26-10-17-23-24-19(27-17)15-8-9-16(21)28-15/h4-9H,3,10H2,1-2H3. The summed E-state index contributed by atoms with van der Waals surface area (Å²) in [5.74, 6) is 0.211. The second-order valence-electron chi connectivity index (χ2n) is 6.11. The minimum absolute atomic E-state index is 0.0895. The Kier molecular flexibility index (Phi) is 5.23. The van der Waals surface area contributed by atoms with Crippen molar-refractivity contribution < 1.29 is 13.9 Å². The Morgan fingerprint density at radius 2 is 2.04 bits per heavy atom. The van der Waals surface area contributed by atoms with Gasteiger partial charge in [-0.05, 0) is 53.0 Å². The van der Waals surface area contributed by atoms with Crippen LogP contribution in [0.5, 0.6) is 0 Å². The number of para-hydroxylation sites is 1. The molecule has 0 atom stereocenters. The number of carbonyl (C=O) groups excluding carboxylic acids is 1. The number of carbonyl (C=O) groups is 1. The number of ether oxygens (including phenoxy) is 1. The zero-order valence-electron chi connectivity index (χ0n) is 15.2. The van der Waals surface area contributed by atoms with Gasteiger partial charge in [-0.25, -0.2) is 4.79 Å². The molecule has 8 heteroatoms. The number of thiophene rings is 1. The minimum atomic E-state index is -0.439. The van der Waals surface area contributed by atoms with Gasteiger partial charge in [0.2, 0.25) is 0 Å². The maximum Gasteiger partial charge on any atom is 0.340 e. The number of nitrogens with zero attached hydrogens (tertiary/aromatic N) is 3. The minimum Gasteiger partial charge on any atom is -0.452 e. The topological polar surface area (TPSA) is 78.1 Å². The average molecular weight is 458 g/mol. The number of aromatic nitrogens is 3. The molecule has 28 heavy (non-hydrogen) atoms. The SMILES string of the molecule is CCc1nc2ccccc2c(C)c1C(=O)OCc1nnc(-c2ccc(Br)s2)o1. The molecule has 0 saturated carbocycles. The summed E-state index contributed by atoms with van der Waals surface area (Å²) in [6.45, 7) is 3.80. The number of esters is 1. The van der Waals surface area contributed by atoms with Crippen molar-refractivity contribution in [2.24, 2.45) is 0 Å². The molecule has 0 radical (unpaired) electrons. The van der Waals surface area contributed by atoms with Gasteiger partial charge in [0.15, 0.2) is 6.61 Å². The van der Waals surface area contributed by atoms with Crippen molar-refractivity contribution in [3.63, 3.8) is 0 Å². The van der Waals surface area contributed by atoms with Gasteiger partial charge in [0, 0.05) is 5.39 Å². The molecule has 0 spiro atoms. The quantitative estimate of drug-likeness (QED) is 0.376. The van der Waals surface area contributed by atoms with E-state index in [4.69, 9.17) is 9.15 Å². The molecule has 4 aromatic rings. The van der Waals surface area contributed by atoms with E-state index >= 15 is 0 Å². The first kappa shape index (κ1) is 18.8. The third-order valence-corrected chi connectivity index (χ3v) is 5.96. The smallest absolute Gasteiger partial charge is 0.340 e. The second-order valence-corrected chi connectivity index (χ2v) is 8.57. The molecule has 0 N–H and O–H groups in total. The van der Waals surface area contributed by atoms with Crippen LogP contribution in [-0.4, -0.2) is 21.2 Å². The monoisotopic (exact) mass is 457 g/mol. The Balaban J connectivity index is 1.56. The molecule has 0 aliphatic heterocycles. The maximum absolute atomic E-state index is 12.8. The molecule has 142 valence electrons. The molecule has 0 saturated heterocycles. The van der Waals surface area contributed by atoms with E-state index in [1.807, 2.05) is 50.2 Å². The number of hydrogen-bond donors (Lipinski definition) is 0. The molecule has 0 aliphatic rings. The van der Waals surface area contributed by atoms with Crippen molar-refractivity contribution >= 4 is 44.1 Å². The van der Waals surface area contributed by atoms with Crippen LogP contribution in [0.1, 0.15) is 34.4 Å². The van der Waals surface area contributed by atoms with Crippen LogP contribution < -0.4 is 0 Å². The van der Waals surface area contributed by atoms with Gasteiger partial charge in [0.25, 0.3) is 11.8 Å². The average Bonchev–Trinajstić information content (AvgIpc) is 3.35. The largest absolute Gasteiger partial charge is 0.452 e. The van der Waals surface area contributed by atoms with Crippen LogP contribution in [0.4, 0.5) is 0 Å². The molecule has 0 unspecified atom stereocenters. The molecule has 1 aromatic carbocycles. The maximum atomic E-state index is 12.8. The van der Waals surface area contributed by atoms with Crippen molar-refractivity contribution in [3.05, 3.63) is 62.9 Å². The molecule has 3 aromatic heterocycles. The lowest BCUT2D eigenvalue weighted by Crippen LogP contribution is -2.12. The van der Waals surface area contributed by atoms with Crippen LogP contribution in [0.3, 0.4) is 0 Å². The second kappa shape index (κ2) is 7.81. The number of benzene rings is 1.